The fourth-order valence-corrected chi connectivity index (χ4v) is 3.74. The van der Waals surface area contributed by atoms with Gasteiger partial charge in [0, 0.05) is 22.1 Å². The van der Waals surface area contributed by atoms with E-state index in [0.29, 0.717) is 17.6 Å². The number of halogens is 1. The molecule has 1 N–H and O–H groups in total. The molecule has 0 bridgehead atoms. The van der Waals surface area contributed by atoms with Crippen molar-refractivity contribution in [2.75, 3.05) is 0 Å². The highest BCUT2D eigenvalue weighted by molar-refractivity contribution is 7.13. The molecule has 0 saturated heterocycles. The van der Waals surface area contributed by atoms with Gasteiger partial charge in [-0.2, -0.15) is 0 Å². The van der Waals surface area contributed by atoms with Crippen molar-refractivity contribution in [2.24, 2.45) is 0 Å². The maximum absolute atomic E-state index is 13.0. The number of carbonyl (C=O) groups is 1. The van der Waals surface area contributed by atoms with Crippen LogP contribution in [0.25, 0.3) is 16.6 Å². The number of thiazole rings is 1. The zero-order chi connectivity index (χ0) is 17.4. The van der Waals surface area contributed by atoms with Gasteiger partial charge in [0.25, 0.3) is 0 Å². The Morgan fingerprint density at radius 1 is 1.12 bits per heavy atom. The van der Waals surface area contributed by atoms with Crippen LogP contribution in [0.5, 0.6) is 5.75 Å². The van der Waals surface area contributed by atoms with Gasteiger partial charge in [0.05, 0.1) is 5.69 Å². The molecule has 0 atom stereocenters. The number of fused-ring (bicyclic) bond motifs is 1. The molecular weight excluding hydrogens is 337 g/mol. The smallest absolute Gasteiger partial charge is 0.189 e. The topological polar surface area (TPSA) is 50.2 Å². The van der Waals surface area contributed by atoms with Gasteiger partial charge in [-0.3, -0.25) is 4.79 Å². The van der Waals surface area contributed by atoms with E-state index in [1.807, 2.05) is 11.5 Å². The lowest BCUT2D eigenvalue weighted by Crippen LogP contribution is -2.13. The van der Waals surface area contributed by atoms with Crippen LogP contribution in [-0.2, 0) is 6.42 Å². The van der Waals surface area contributed by atoms with Gasteiger partial charge >= 0.3 is 0 Å². The Morgan fingerprint density at radius 2 is 1.92 bits per heavy atom. The SMILES string of the molecule is O=C1/C(=C/c2csc(-c3ccc(F)cc3)n2)CCc2cc(O)ccc21. The second-order valence-electron chi connectivity index (χ2n) is 5.92. The van der Waals surface area contributed by atoms with Gasteiger partial charge < -0.3 is 5.11 Å². The Kier molecular flexibility index (Phi) is 3.93. The lowest BCUT2D eigenvalue weighted by molar-refractivity contribution is 0.102. The Bertz CT molecular complexity index is 989. The summed E-state index contributed by atoms with van der Waals surface area (Å²) in [7, 11) is 0. The number of nitrogens with zero attached hydrogens (tertiary/aromatic N) is 1. The molecule has 3 aromatic rings. The molecule has 0 radical (unpaired) electrons. The second kappa shape index (κ2) is 6.26. The van der Waals surface area contributed by atoms with E-state index in [4.69, 9.17) is 0 Å². The molecule has 2 aromatic carbocycles. The number of aromatic nitrogens is 1. The predicted octanol–water partition coefficient (Wildman–Crippen LogP) is 4.87. The summed E-state index contributed by atoms with van der Waals surface area (Å²) in [6.45, 7) is 0. The normalized spacial score (nSPS) is 15.4. The fourth-order valence-electron chi connectivity index (χ4n) is 2.96. The average Bonchev–Trinajstić information content (AvgIpc) is 3.06. The molecule has 0 unspecified atom stereocenters. The van der Waals surface area contributed by atoms with Crippen molar-refractivity contribution in [1.29, 1.82) is 0 Å². The third-order valence-corrected chi connectivity index (χ3v) is 5.13. The maximum atomic E-state index is 13.0. The molecule has 0 amide bonds. The monoisotopic (exact) mass is 351 g/mol. The van der Waals surface area contributed by atoms with Crippen molar-refractivity contribution < 1.29 is 14.3 Å². The Morgan fingerprint density at radius 3 is 2.72 bits per heavy atom. The molecule has 5 heteroatoms. The molecule has 0 saturated carbocycles. The van der Waals surface area contributed by atoms with Crippen LogP contribution < -0.4 is 0 Å². The number of phenolic OH excluding ortho intramolecular Hbond substituents is 1. The highest BCUT2D eigenvalue weighted by Gasteiger charge is 2.22. The van der Waals surface area contributed by atoms with E-state index in [1.165, 1.54) is 29.5 Å². The number of allylic oxidation sites excluding steroid dienone is 1. The van der Waals surface area contributed by atoms with E-state index >= 15 is 0 Å². The van der Waals surface area contributed by atoms with Crippen LogP contribution >= 0.6 is 11.3 Å². The first kappa shape index (κ1) is 15.7. The first-order valence-electron chi connectivity index (χ1n) is 7.89. The first-order valence-corrected chi connectivity index (χ1v) is 8.77. The average molecular weight is 351 g/mol. The zero-order valence-electron chi connectivity index (χ0n) is 13.2. The van der Waals surface area contributed by atoms with Crippen molar-refractivity contribution in [2.45, 2.75) is 12.8 Å². The summed E-state index contributed by atoms with van der Waals surface area (Å²) in [4.78, 5) is 17.2. The van der Waals surface area contributed by atoms with Crippen LogP contribution in [0.3, 0.4) is 0 Å². The van der Waals surface area contributed by atoms with E-state index in [1.54, 1.807) is 24.3 Å². The number of benzene rings is 2. The van der Waals surface area contributed by atoms with Gasteiger partial charge in [-0.1, -0.05) is 0 Å². The minimum Gasteiger partial charge on any atom is -0.508 e. The van der Waals surface area contributed by atoms with Crippen LogP contribution in [0.15, 0.2) is 53.4 Å². The third-order valence-electron chi connectivity index (χ3n) is 4.22. The van der Waals surface area contributed by atoms with E-state index in [-0.39, 0.29) is 17.3 Å². The van der Waals surface area contributed by atoms with Crippen LogP contribution in [0.4, 0.5) is 4.39 Å². The van der Waals surface area contributed by atoms with Crippen molar-refractivity contribution in [3.8, 4) is 16.3 Å². The number of phenols is 1. The number of carbonyl (C=O) groups excluding carboxylic acids is 1. The molecule has 0 aliphatic heterocycles. The van der Waals surface area contributed by atoms with Crippen molar-refractivity contribution in [3.63, 3.8) is 0 Å². The summed E-state index contributed by atoms with van der Waals surface area (Å²) in [6.07, 6.45) is 3.16. The van der Waals surface area contributed by atoms with E-state index in [0.717, 1.165) is 28.2 Å². The van der Waals surface area contributed by atoms with Gasteiger partial charge in [-0.25, -0.2) is 9.37 Å². The minimum absolute atomic E-state index is 0.0161. The molecular formula is C20H14FNO2S. The molecule has 0 fully saturated rings. The molecule has 1 aliphatic carbocycles. The second-order valence-corrected chi connectivity index (χ2v) is 6.78. The number of hydrogen-bond acceptors (Lipinski definition) is 4. The Hall–Kier alpha value is -2.79. The Labute approximate surface area is 148 Å². The minimum atomic E-state index is -0.278. The number of aromatic hydroxyl groups is 1. The summed E-state index contributed by atoms with van der Waals surface area (Å²) in [6, 6.07) is 11.1. The third kappa shape index (κ3) is 3.10. The van der Waals surface area contributed by atoms with Crippen LogP contribution in [0.2, 0.25) is 0 Å². The number of rotatable bonds is 2. The van der Waals surface area contributed by atoms with Crippen LogP contribution in [0.1, 0.15) is 28.0 Å². The lowest BCUT2D eigenvalue weighted by atomic mass is 9.86. The predicted molar refractivity (Wildman–Crippen MR) is 96.2 cm³/mol. The zero-order valence-corrected chi connectivity index (χ0v) is 14.0. The van der Waals surface area contributed by atoms with Crippen LogP contribution in [0, 0.1) is 5.82 Å². The molecule has 25 heavy (non-hydrogen) atoms. The fraction of sp³-hybridized carbons (Fsp3) is 0.100. The van der Waals surface area contributed by atoms with Crippen molar-refractivity contribution in [3.05, 3.63) is 76.1 Å². The number of hydrogen-bond donors (Lipinski definition) is 1. The number of Topliss-reactive ketones (excluding diaryl/α,β-unsaturated/α-hetero) is 1. The van der Waals surface area contributed by atoms with Gasteiger partial charge in [-0.15, -0.1) is 11.3 Å². The molecule has 0 spiro atoms. The van der Waals surface area contributed by atoms with E-state index in [9.17, 15) is 14.3 Å². The summed E-state index contributed by atoms with van der Waals surface area (Å²) in [5.41, 5.74) is 3.83. The molecule has 1 aliphatic rings. The van der Waals surface area contributed by atoms with Crippen LogP contribution in [-0.4, -0.2) is 15.9 Å². The van der Waals surface area contributed by atoms with Gasteiger partial charge in [-0.05, 0) is 66.9 Å². The molecule has 124 valence electrons. The standard InChI is InChI=1S/C20H14FNO2S/c21-15-5-3-12(4-6-15)20-22-16(11-25-20)9-14-2-1-13-10-17(23)7-8-18(13)19(14)24/h3-11,23H,1-2H2/b14-9+. The maximum Gasteiger partial charge on any atom is 0.189 e. The molecule has 1 aromatic heterocycles. The number of aryl methyl sites for hydroxylation is 1. The summed E-state index contributed by atoms with van der Waals surface area (Å²) >= 11 is 1.46. The van der Waals surface area contributed by atoms with Crippen molar-refractivity contribution in [1.82, 2.24) is 4.98 Å². The molecule has 1 heterocycles. The van der Waals surface area contributed by atoms with Gasteiger partial charge in [0.2, 0.25) is 0 Å². The van der Waals surface area contributed by atoms with E-state index < -0.39 is 0 Å². The largest absolute Gasteiger partial charge is 0.508 e. The summed E-state index contributed by atoms with van der Waals surface area (Å²) < 4.78 is 13.0. The Balaban J connectivity index is 1.62. The summed E-state index contributed by atoms with van der Waals surface area (Å²) in [5.74, 6) is -0.111. The molecule has 3 nitrogen and oxygen atoms in total. The van der Waals surface area contributed by atoms with Crippen molar-refractivity contribution >= 4 is 23.2 Å². The van der Waals surface area contributed by atoms with E-state index in [2.05, 4.69) is 4.98 Å². The quantitative estimate of drug-likeness (QED) is 0.670. The number of ketones is 1. The van der Waals surface area contributed by atoms with Gasteiger partial charge in [0.1, 0.15) is 16.6 Å². The first-order chi connectivity index (χ1) is 12.1. The summed E-state index contributed by atoms with van der Waals surface area (Å²) in [5, 5.41) is 12.2. The van der Waals surface area contributed by atoms with Gasteiger partial charge in [0.15, 0.2) is 5.78 Å². The highest BCUT2D eigenvalue weighted by Crippen LogP contribution is 2.30. The highest BCUT2D eigenvalue weighted by atomic mass is 32.1. The lowest BCUT2D eigenvalue weighted by Gasteiger charge is -2.17. The molecule has 4 rings (SSSR count).